The average molecular weight is 484 g/mol. The lowest BCUT2D eigenvalue weighted by molar-refractivity contribution is -0.539. The quantitative estimate of drug-likeness (QED) is 0.126. The molecule has 6 nitrogen and oxygen atoms in total. The maximum absolute atomic E-state index is 11.3. The van der Waals surface area contributed by atoms with Gasteiger partial charge in [-0.1, -0.05) is 65.2 Å². The Bertz CT molecular complexity index is 630. The molecule has 33 heavy (non-hydrogen) atoms. The van der Waals surface area contributed by atoms with E-state index in [9.17, 15) is 5.11 Å². The molecule has 0 bridgehead atoms. The fourth-order valence-corrected chi connectivity index (χ4v) is 4.95. The molecule has 0 saturated heterocycles. The fraction of sp³-hybridized carbons (Fsp3) is 0.846. The third-order valence-electron chi connectivity index (χ3n) is 6.83. The van der Waals surface area contributed by atoms with Crippen molar-refractivity contribution in [3.8, 4) is 0 Å². The summed E-state index contributed by atoms with van der Waals surface area (Å²) in [6.07, 6.45) is 21.3. The van der Waals surface area contributed by atoms with E-state index in [0.29, 0.717) is 6.54 Å². The van der Waals surface area contributed by atoms with Crippen LogP contribution in [-0.4, -0.2) is 58.3 Å². The first-order valence-electron chi connectivity index (χ1n) is 13.3. The van der Waals surface area contributed by atoms with Gasteiger partial charge in [0.05, 0.1) is 19.6 Å². The van der Waals surface area contributed by atoms with Crippen molar-refractivity contribution >= 4 is 11.8 Å². The molecule has 0 saturated carbocycles. The second-order valence-electron chi connectivity index (χ2n) is 10.2. The molecule has 7 heteroatoms. The molecule has 0 fully saturated rings. The van der Waals surface area contributed by atoms with Crippen LogP contribution in [0.2, 0.25) is 0 Å². The van der Waals surface area contributed by atoms with Gasteiger partial charge in [-0.25, -0.2) is 4.90 Å². The Morgan fingerprint density at radius 1 is 1.03 bits per heavy atom. The number of hydrogen-bond donors (Lipinski definition) is 3. The van der Waals surface area contributed by atoms with Crippen molar-refractivity contribution in [1.29, 1.82) is 0 Å². The van der Waals surface area contributed by atoms with Crippen LogP contribution in [0.5, 0.6) is 0 Å². The number of guanidine groups is 1. The highest BCUT2D eigenvalue weighted by molar-refractivity contribution is 5.92. The molecule has 5 N–H and O–H groups in total. The van der Waals surface area contributed by atoms with E-state index in [2.05, 4.69) is 34.4 Å². The van der Waals surface area contributed by atoms with Crippen molar-refractivity contribution < 1.29 is 22.1 Å². The summed E-state index contributed by atoms with van der Waals surface area (Å²) in [7, 11) is 0. The van der Waals surface area contributed by atoms with Gasteiger partial charge in [0.1, 0.15) is 0 Å². The van der Waals surface area contributed by atoms with Gasteiger partial charge in [0.2, 0.25) is 5.72 Å². The first-order valence-corrected chi connectivity index (χ1v) is 13.3. The number of unbranched alkanes of at least 4 members (excludes halogenated alkanes) is 9. The van der Waals surface area contributed by atoms with Crippen molar-refractivity contribution in [2.45, 2.75) is 109 Å². The van der Waals surface area contributed by atoms with Gasteiger partial charge in [-0.05, 0) is 37.7 Å². The van der Waals surface area contributed by atoms with Gasteiger partial charge in [-0.2, -0.15) is 0 Å². The van der Waals surface area contributed by atoms with Crippen LogP contribution in [0.4, 0.5) is 0 Å². The highest BCUT2D eigenvalue weighted by atomic mass is 35.5. The first-order chi connectivity index (χ1) is 15.4. The Balaban J connectivity index is 0.00000544. The van der Waals surface area contributed by atoms with Crippen LogP contribution in [0, 0.1) is 5.92 Å². The minimum Gasteiger partial charge on any atom is -1.00 e. The third-order valence-corrected chi connectivity index (χ3v) is 6.83. The van der Waals surface area contributed by atoms with Gasteiger partial charge in [-0.3, -0.25) is 9.57 Å². The summed E-state index contributed by atoms with van der Waals surface area (Å²) in [6, 6.07) is 0. The van der Waals surface area contributed by atoms with E-state index in [1.165, 1.54) is 57.2 Å². The van der Waals surface area contributed by atoms with Gasteiger partial charge >= 0.3 is 0 Å². The molecule has 2 aliphatic heterocycles. The number of hydrogen-bond acceptors (Lipinski definition) is 3. The summed E-state index contributed by atoms with van der Waals surface area (Å²) in [4.78, 5) is 6.29. The van der Waals surface area contributed by atoms with E-state index in [0.717, 1.165) is 64.1 Å². The lowest BCUT2D eigenvalue weighted by Crippen LogP contribution is -3.00. The Morgan fingerprint density at radius 2 is 1.67 bits per heavy atom. The summed E-state index contributed by atoms with van der Waals surface area (Å²) >= 11 is 0. The van der Waals surface area contributed by atoms with Crippen molar-refractivity contribution in [3.05, 3.63) is 12.2 Å². The lowest BCUT2D eigenvalue weighted by atomic mass is 10.0. The standard InChI is InChI=1S/C26H50N5O.ClH/c1-23(2)15-10-7-5-3-4-6-8-11-17-26(32)18-16-24-30(21-14-22-31(24)26)20-13-9-12-19-29-25(27)28;/h16,18,23,32H,3-15,17,19-22H2,1-2H3,(H4,27,28,29);1H/q+1;/p-1. The van der Waals surface area contributed by atoms with Crippen LogP contribution in [0.15, 0.2) is 17.1 Å². The van der Waals surface area contributed by atoms with Gasteiger partial charge in [0, 0.05) is 25.5 Å². The molecule has 0 radical (unpaired) electrons. The van der Waals surface area contributed by atoms with Crippen LogP contribution in [0.25, 0.3) is 0 Å². The molecule has 0 spiro atoms. The van der Waals surface area contributed by atoms with Crippen molar-refractivity contribution in [1.82, 2.24) is 4.90 Å². The number of nitrogens with zero attached hydrogens (tertiary/aromatic N) is 3. The molecule has 0 aromatic heterocycles. The zero-order valence-electron chi connectivity index (χ0n) is 21.3. The zero-order chi connectivity index (χ0) is 23.2. The lowest BCUT2D eigenvalue weighted by Gasteiger charge is -2.32. The summed E-state index contributed by atoms with van der Waals surface area (Å²) in [5.41, 5.74) is 9.97. The molecule has 192 valence electrons. The molecular formula is C26H50ClN5O. The van der Waals surface area contributed by atoms with Crippen molar-refractivity contribution in [2.24, 2.45) is 22.4 Å². The predicted molar refractivity (Wildman–Crippen MR) is 136 cm³/mol. The summed E-state index contributed by atoms with van der Waals surface area (Å²) in [6.45, 7) is 8.41. The third kappa shape index (κ3) is 11.1. The summed E-state index contributed by atoms with van der Waals surface area (Å²) < 4.78 is 2.44. The molecule has 1 atom stereocenters. The Morgan fingerprint density at radius 3 is 2.33 bits per heavy atom. The number of nitrogens with two attached hydrogens (primary N) is 2. The predicted octanol–water partition coefficient (Wildman–Crippen LogP) is 1.37. The smallest absolute Gasteiger partial charge is 0.274 e. The van der Waals surface area contributed by atoms with Crippen LogP contribution in [-0.2, 0) is 0 Å². The highest BCUT2D eigenvalue weighted by Crippen LogP contribution is 2.30. The molecule has 0 aliphatic carbocycles. The largest absolute Gasteiger partial charge is 1.00 e. The molecule has 2 aliphatic rings. The van der Waals surface area contributed by atoms with E-state index in [1.807, 2.05) is 6.08 Å². The fourth-order valence-electron chi connectivity index (χ4n) is 4.95. The first kappa shape index (κ1) is 29.8. The molecular weight excluding hydrogens is 434 g/mol. The monoisotopic (exact) mass is 483 g/mol. The SMILES string of the molecule is CC(C)CCCCCCCCCCC1(O)C=CC2=[N+](CCCCCN=C(N)N)CCCN21.[Cl-]. The topological polar surface area (TPSA) is 90.9 Å². The molecule has 0 aromatic rings. The van der Waals surface area contributed by atoms with Gasteiger partial charge < -0.3 is 29.0 Å². The van der Waals surface area contributed by atoms with Crippen LogP contribution in [0.3, 0.4) is 0 Å². The number of amidine groups is 1. The van der Waals surface area contributed by atoms with E-state index in [-0.39, 0.29) is 18.4 Å². The number of aliphatic hydroxyl groups is 1. The molecule has 0 aromatic carbocycles. The van der Waals surface area contributed by atoms with E-state index in [1.54, 1.807) is 0 Å². The van der Waals surface area contributed by atoms with E-state index >= 15 is 0 Å². The number of halogens is 1. The summed E-state index contributed by atoms with van der Waals surface area (Å²) in [5.74, 6) is 2.24. The maximum atomic E-state index is 11.3. The maximum Gasteiger partial charge on any atom is 0.274 e. The molecule has 2 heterocycles. The highest BCUT2D eigenvalue weighted by Gasteiger charge is 2.46. The van der Waals surface area contributed by atoms with Gasteiger partial charge in [0.25, 0.3) is 5.84 Å². The van der Waals surface area contributed by atoms with Crippen LogP contribution in [0.1, 0.15) is 104 Å². The van der Waals surface area contributed by atoms with E-state index in [4.69, 9.17) is 11.5 Å². The Labute approximate surface area is 209 Å². The van der Waals surface area contributed by atoms with Gasteiger partial charge in [-0.15, -0.1) is 0 Å². The van der Waals surface area contributed by atoms with Gasteiger partial charge in [0.15, 0.2) is 5.96 Å². The molecule has 1 unspecified atom stereocenters. The number of aliphatic imine (C=N–C) groups is 1. The average Bonchev–Trinajstić information content (AvgIpc) is 3.09. The second-order valence-corrected chi connectivity index (χ2v) is 10.2. The van der Waals surface area contributed by atoms with Crippen LogP contribution >= 0.6 is 0 Å². The normalized spacial score (nSPS) is 19.7. The minimum atomic E-state index is -0.780. The Kier molecular flexibility index (Phi) is 14.8. The number of rotatable bonds is 17. The van der Waals surface area contributed by atoms with Crippen molar-refractivity contribution in [3.63, 3.8) is 0 Å². The minimum absolute atomic E-state index is 0. The molecule has 0 amide bonds. The van der Waals surface area contributed by atoms with Crippen molar-refractivity contribution in [2.75, 3.05) is 26.2 Å². The number of fused-ring (bicyclic) bond motifs is 1. The van der Waals surface area contributed by atoms with E-state index < -0.39 is 5.72 Å². The Hall–Kier alpha value is -1.27. The molecule has 2 rings (SSSR count). The second kappa shape index (κ2) is 16.4. The summed E-state index contributed by atoms with van der Waals surface area (Å²) in [5, 5.41) is 11.3. The van der Waals surface area contributed by atoms with Crippen LogP contribution < -0.4 is 23.9 Å². The zero-order valence-corrected chi connectivity index (χ0v) is 22.0.